The molecule has 2 atom stereocenters. The summed E-state index contributed by atoms with van der Waals surface area (Å²) in [5.41, 5.74) is 5.98. The monoisotopic (exact) mass is 279 g/mol. The van der Waals surface area contributed by atoms with Gasteiger partial charge < -0.3 is 10.8 Å². The van der Waals surface area contributed by atoms with E-state index in [1.165, 1.54) is 0 Å². The summed E-state index contributed by atoms with van der Waals surface area (Å²) < 4.78 is 26.0. The van der Waals surface area contributed by atoms with Gasteiger partial charge in [0.25, 0.3) is 0 Å². The molecule has 0 unspecified atom stereocenters. The minimum Gasteiger partial charge on any atom is -0.388 e. The highest BCUT2D eigenvalue weighted by molar-refractivity contribution is 5.85. The Morgan fingerprint density at radius 2 is 1.61 bits per heavy atom. The second-order valence-corrected chi connectivity index (χ2v) is 5.43. The summed E-state index contributed by atoms with van der Waals surface area (Å²) >= 11 is 0. The van der Waals surface area contributed by atoms with E-state index in [2.05, 4.69) is 0 Å². The molecule has 1 aromatic carbocycles. The number of aliphatic hydroxyl groups excluding tert-OH is 1. The Balaban J connectivity index is 0.00000289. The summed E-state index contributed by atoms with van der Waals surface area (Å²) in [6.07, 6.45) is -0.679. The van der Waals surface area contributed by atoms with Gasteiger partial charge in [-0.05, 0) is 29.5 Å². The molecule has 0 saturated carbocycles. The minimum absolute atomic E-state index is 0. The van der Waals surface area contributed by atoms with Crippen LogP contribution in [0.2, 0.25) is 0 Å². The summed E-state index contributed by atoms with van der Waals surface area (Å²) in [5.74, 6) is -1.38. The average molecular weight is 280 g/mol. The quantitative estimate of drug-likeness (QED) is 0.893. The molecule has 0 spiro atoms. The standard InChI is InChI=1S/C13H19F2NO.ClH/c1-13(2,3)12(16)7-11(17)8-4-9(14)6-10(15)5-8;/h4-6,11-12,17H,7,16H2,1-3H3;1H/t11-,12-;/m0./s1. The summed E-state index contributed by atoms with van der Waals surface area (Å²) in [6, 6.07) is 2.79. The van der Waals surface area contributed by atoms with Crippen molar-refractivity contribution in [3.8, 4) is 0 Å². The van der Waals surface area contributed by atoms with Crippen LogP contribution in [-0.2, 0) is 0 Å². The van der Waals surface area contributed by atoms with Crippen molar-refractivity contribution in [1.29, 1.82) is 0 Å². The smallest absolute Gasteiger partial charge is 0.126 e. The van der Waals surface area contributed by atoms with Crippen molar-refractivity contribution >= 4 is 12.4 Å². The van der Waals surface area contributed by atoms with Gasteiger partial charge in [0.15, 0.2) is 0 Å². The molecule has 2 nitrogen and oxygen atoms in total. The Labute approximate surface area is 113 Å². The normalized spacial score (nSPS) is 14.8. The lowest BCUT2D eigenvalue weighted by molar-refractivity contribution is 0.133. The number of aliphatic hydroxyl groups is 1. The number of benzene rings is 1. The average Bonchev–Trinajstić information content (AvgIpc) is 2.14. The van der Waals surface area contributed by atoms with Crippen molar-refractivity contribution in [2.24, 2.45) is 11.1 Å². The van der Waals surface area contributed by atoms with Gasteiger partial charge in [-0.1, -0.05) is 20.8 Å². The Kier molecular flexibility index (Phi) is 6.20. The molecule has 0 amide bonds. The first-order chi connectivity index (χ1) is 7.70. The van der Waals surface area contributed by atoms with Gasteiger partial charge in [0.05, 0.1) is 6.10 Å². The third-order valence-corrected chi connectivity index (χ3v) is 2.86. The number of nitrogens with two attached hydrogens (primary N) is 1. The Hall–Kier alpha value is -0.710. The van der Waals surface area contributed by atoms with Crippen LogP contribution in [0, 0.1) is 17.0 Å². The van der Waals surface area contributed by atoms with E-state index in [0.717, 1.165) is 18.2 Å². The maximum atomic E-state index is 13.0. The molecule has 0 bridgehead atoms. The Bertz CT molecular complexity index is 373. The largest absolute Gasteiger partial charge is 0.388 e. The van der Waals surface area contributed by atoms with E-state index in [1.807, 2.05) is 20.8 Å². The molecule has 104 valence electrons. The number of rotatable bonds is 3. The highest BCUT2D eigenvalue weighted by Crippen LogP contribution is 2.27. The molecule has 1 aromatic rings. The number of halogens is 3. The van der Waals surface area contributed by atoms with Crippen LogP contribution in [0.25, 0.3) is 0 Å². The first-order valence-electron chi connectivity index (χ1n) is 5.60. The first kappa shape index (κ1) is 17.3. The fourth-order valence-electron chi connectivity index (χ4n) is 1.50. The van der Waals surface area contributed by atoms with E-state index < -0.39 is 17.7 Å². The fourth-order valence-corrected chi connectivity index (χ4v) is 1.50. The van der Waals surface area contributed by atoms with E-state index >= 15 is 0 Å². The van der Waals surface area contributed by atoms with E-state index in [1.54, 1.807) is 0 Å². The van der Waals surface area contributed by atoms with Crippen LogP contribution < -0.4 is 5.73 Å². The SMILES string of the molecule is CC(C)(C)[C@@H](N)C[C@H](O)c1cc(F)cc(F)c1.Cl. The first-order valence-corrected chi connectivity index (χ1v) is 5.60. The van der Waals surface area contributed by atoms with Gasteiger partial charge in [-0.3, -0.25) is 0 Å². The molecule has 3 N–H and O–H groups in total. The predicted molar refractivity (Wildman–Crippen MR) is 70.6 cm³/mol. The molecule has 5 heteroatoms. The van der Waals surface area contributed by atoms with Gasteiger partial charge in [-0.2, -0.15) is 0 Å². The van der Waals surface area contributed by atoms with Gasteiger partial charge in [0.1, 0.15) is 11.6 Å². The molecule has 0 fully saturated rings. The molecule has 0 aliphatic rings. The summed E-state index contributed by atoms with van der Waals surface area (Å²) in [5, 5.41) is 9.89. The van der Waals surface area contributed by atoms with Crippen LogP contribution in [0.1, 0.15) is 38.9 Å². The van der Waals surface area contributed by atoms with E-state index in [-0.39, 0.29) is 35.8 Å². The lowest BCUT2D eigenvalue weighted by atomic mass is 9.83. The van der Waals surface area contributed by atoms with Crippen molar-refractivity contribution in [3.05, 3.63) is 35.4 Å². The summed E-state index contributed by atoms with van der Waals surface area (Å²) in [4.78, 5) is 0. The van der Waals surface area contributed by atoms with Crippen molar-refractivity contribution in [2.45, 2.75) is 39.3 Å². The minimum atomic E-state index is -0.950. The third kappa shape index (κ3) is 4.88. The molecule has 0 aliphatic carbocycles. The van der Waals surface area contributed by atoms with Crippen LogP contribution in [0.3, 0.4) is 0 Å². The lowest BCUT2D eigenvalue weighted by Crippen LogP contribution is -2.36. The Morgan fingerprint density at radius 3 is 2.00 bits per heavy atom. The maximum absolute atomic E-state index is 13.0. The molecule has 0 aromatic heterocycles. The second kappa shape index (κ2) is 6.45. The van der Waals surface area contributed by atoms with Crippen LogP contribution in [0.5, 0.6) is 0 Å². The molecular formula is C13H20ClF2NO. The molecule has 0 radical (unpaired) electrons. The lowest BCUT2D eigenvalue weighted by Gasteiger charge is -2.29. The number of hydrogen-bond acceptors (Lipinski definition) is 2. The van der Waals surface area contributed by atoms with Gasteiger partial charge in [-0.15, -0.1) is 12.4 Å². The molecule has 0 heterocycles. The zero-order chi connectivity index (χ0) is 13.2. The summed E-state index contributed by atoms with van der Waals surface area (Å²) in [7, 11) is 0. The van der Waals surface area contributed by atoms with E-state index in [0.29, 0.717) is 0 Å². The maximum Gasteiger partial charge on any atom is 0.126 e. The van der Waals surface area contributed by atoms with Crippen LogP contribution in [-0.4, -0.2) is 11.1 Å². The van der Waals surface area contributed by atoms with Gasteiger partial charge in [-0.25, -0.2) is 8.78 Å². The van der Waals surface area contributed by atoms with Crippen molar-refractivity contribution in [2.75, 3.05) is 0 Å². The van der Waals surface area contributed by atoms with Crippen LogP contribution in [0.15, 0.2) is 18.2 Å². The zero-order valence-electron chi connectivity index (χ0n) is 10.8. The third-order valence-electron chi connectivity index (χ3n) is 2.86. The van der Waals surface area contributed by atoms with E-state index in [9.17, 15) is 13.9 Å². The number of hydrogen-bond donors (Lipinski definition) is 2. The van der Waals surface area contributed by atoms with Gasteiger partial charge in [0.2, 0.25) is 0 Å². The van der Waals surface area contributed by atoms with Crippen molar-refractivity contribution in [1.82, 2.24) is 0 Å². The van der Waals surface area contributed by atoms with Crippen LogP contribution >= 0.6 is 12.4 Å². The zero-order valence-corrected chi connectivity index (χ0v) is 11.6. The van der Waals surface area contributed by atoms with Crippen molar-refractivity contribution in [3.63, 3.8) is 0 Å². The van der Waals surface area contributed by atoms with E-state index in [4.69, 9.17) is 5.73 Å². The molecule has 0 saturated heterocycles. The molecule has 1 rings (SSSR count). The molecular weight excluding hydrogens is 260 g/mol. The van der Waals surface area contributed by atoms with Crippen LogP contribution in [0.4, 0.5) is 8.78 Å². The van der Waals surface area contributed by atoms with Gasteiger partial charge >= 0.3 is 0 Å². The molecule has 18 heavy (non-hydrogen) atoms. The highest BCUT2D eigenvalue weighted by atomic mass is 35.5. The molecule has 0 aliphatic heterocycles. The Morgan fingerprint density at radius 1 is 1.17 bits per heavy atom. The van der Waals surface area contributed by atoms with Crippen molar-refractivity contribution < 1.29 is 13.9 Å². The summed E-state index contributed by atoms with van der Waals surface area (Å²) in [6.45, 7) is 5.86. The fraction of sp³-hybridized carbons (Fsp3) is 0.538. The predicted octanol–water partition coefficient (Wildman–Crippen LogP) is 3.18. The highest BCUT2D eigenvalue weighted by Gasteiger charge is 2.24. The van der Waals surface area contributed by atoms with Gasteiger partial charge in [0, 0.05) is 12.1 Å². The second-order valence-electron chi connectivity index (χ2n) is 5.43. The topological polar surface area (TPSA) is 46.2 Å².